The van der Waals surface area contributed by atoms with Crippen LogP contribution < -0.4 is 0 Å². The number of hydrogen-bond donors (Lipinski definition) is 1. The number of H-pyrrole nitrogens is 1. The van der Waals surface area contributed by atoms with Crippen molar-refractivity contribution in [3.8, 4) is 6.07 Å². The molecule has 0 aliphatic carbocycles. The van der Waals surface area contributed by atoms with Crippen LogP contribution in [-0.2, 0) is 17.9 Å². The van der Waals surface area contributed by atoms with Crippen LogP contribution >= 0.6 is 0 Å². The maximum atomic E-state index is 14.4. The first-order valence-corrected chi connectivity index (χ1v) is 9.03. The fourth-order valence-electron chi connectivity index (χ4n) is 3.43. The number of hydrogen-bond acceptors (Lipinski definition) is 4. The van der Waals surface area contributed by atoms with Crippen molar-refractivity contribution in [1.29, 1.82) is 5.26 Å². The fourth-order valence-corrected chi connectivity index (χ4v) is 3.43. The van der Waals surface area contributed by atoms with E-state index in [2.05, 4.69) is 52.1 Å². The summed E-state index contributed by atoms with van der Waals surface area (Å²) in [7, 11) is 0. The smallest absolute Gasteiger partial charge is 0.140 e. The van der Waals surface area contributed by atoms with E-state index in [1.54, 1.807) is 18.2 Å². The van der Waals surface area contributed by atoms with Crippen LogP contribution in [0.2, 0.25) is 0 Å². The zero-order chi connectivity index (χ0) is 18.8. The molecule has 0 spiro atoms. The number of imidazole rings is 1. The monoisotopic (exact) mass is 364 g/mol. The number of halogens is 1. The first-order chi connectivity index (χ1) is 13.1. The Hall–Kier alpha value is -2.75. The van der Waals surface area contributed by atoms with Gasteiger partial charge in [0.25, 0.3) is 0 Å². The Morgan fingerprint density at radius 3 is 2.85 bits per heavy atom. The summed E-state index contributed by atoms with van der Waals surface area (Å²) >= 11 is 0. The molecular weight excluding hydrogens is 343 g/mol. The maximum Gasteiger partial charge on any atom is 0.140 e. The number of rotatable bonds is 5. The normalized spacial score (nSPS) is 20.2. The van der Waals surface area contributed by atoms with E-state index >= 15 is 0 Å². The second kappa shape index (κ2) is 7.47. The first kappa shape index (κ1) is 17.7. The summed E-state index contributed by atoms with van der Waals surface area (Å²) in [4.78, 5) is 9.67. The third-order valence-electron chi connectivity index (χ3n) is 4.90. The van der Waals surface area contributed by atoms with Gasteiger partial charge in [-0.1, -0.05) is 29.8 Å². The molecule has 0 amide bonds. The zero-order valence-electron chi connectivity index (χ0n) is 15.2. The van der Waals surface area contributed by atoms with Crippen molar-refractivity contribution in [2.24, 2.45) is 0 Å². The Kier molecular flexibility index (Phi) is 4.88. The lowest BCUT2D eigenvalue weighted by Crippen LogP contribution is -2.24. The molecule has 2 atom stereocenters. The van der Waals surface area contributed by atoms with Gasteiger partial charge in [-0.2, -0.15) is 5.26 Å². The summed E-state index contributed by atoms with van der Waals surface area (Å²) < 4.78 is 20.2. The highest BCUT2D eigenvalue weighted by Crippen LogP contribution is 2.21. The predicted octanol–water partition coefficient (Wildman–Crippen LogP) is 3.48. The van der Waals surface area contributed by atoms with Gasteiger partial charge in [-0.3, -0.25) is 4.90 Å². The van der Waals surface area contributed by atoms with E-state index in [-0.39, 0.29) is 6.61 Å². The van der Waals surface area contributed by atoms with Gasteiger partial charge in [0.05, 0.1) is 22.7 Å². The Morgan fingerprint density at radius 2 is 2.07 bits per heavy atom. The van der Waals surface area contributed by atoms with Crippen molar-refractivity contribution >= 4 is 11.0 Å². The van der Waals surface area contributed by atoms with Crippen LogP contribution in [0.15, 0.2) is 42.5 Å². The molecule has 1 fully saturated rings. The van der Waals surface area contributed by atoms with Crippen LogP contribution in [0.1, 0.15) is 22.5 Å². The van der Waals surface area contributed by atoms with Gasteiger partial charge in [0.1, 0.15) is 24.7 Å². The van der Waals surface area contributed by atoms with E-state index in [9.17, 15) is 4.39 Å². The average molecular weight is 364 g/mol. The number of nitriles is 1. The highest BCUT2D eigenvalue weighted by Gasteiger charge is 2.33. The van der Waals surface area contributed by atoms with Gasteiger partial charge in [0.15, 0.2) is 0 Å². The molecule has 5 nitrogen and oxygen atoms in total. The van der Waals surface area contributed by atoms with Crippen molar-refractivity contribution in [2.45, 2.75) is 32.4 Å². The highest BCUT2D eigenvalue weighted by atomic mass is 19.1. The van der Waals surface area contributed by atoms with Gasteiger partial charge in [0.2, 0.25) is 0 Å². The molecule has 138 valence electrons. The van der Waals surface area contributed by atoms with Crippen molar-refractivity contribution in [3.05, 3.63) is 65.0 Å². The second-order valence-electron chi connectivity index (χ2n) is 7.07. The Morgan fingerprint density at radius 1 is 1.26 bits per heavy atom. The molecule has 6 heteroatoms. The van der Waals surface area contributed by atoms with Gasteiger partial charge in [-0.15, -0.1) is 0 Å². The highest BCUT2D eigenvalue weighted by molar-refractivity contribution is 5.76. The largest absolute Gasteiger partial charge is 0.366 e. The number of nitrogens with zero attached hydrogens (tertiary/aromatic N) is 3. The molecule has 1 saturated heterocycles. The molecule has 2 aromatic carbocycles. The van der Waals surface area contributed by atoms with Crippen molar-refractivity contribution < 1.29 is 9.13 Å². The van der Waals surface area contributed by atoms with Gasteiger partial charge < -0.3 is 9.72 Å². The Bertz CT molecular complexity index is 976. The van der Waals surface area contributed by atoms with Gasteiger partial charge in [-0.25, -0.2) is 9.37 Å². The molecule has 1 aromatic heterocycles. The summed E-state index contributed by atoms with van der Waals surface area (Å²) in [5.41, 5.74) is 4.54. The predicted molar refractivity (Wildman–Crippen MR) is 101 cm³/mol. The van der Waals surface area contributed by atoms with E-state index in [0.717, 1.165) is 17.6 Å². The standard InChI is InChI=1S/C21H21FN4O/c1-14-2-4-15(5-3-14)10-26-11-17(22)20(12-26)27-13-21-24-18-7-6-16(9-23)8-19(18)25-21/h2-8,17,20H,10-13H2,1H3,(H,24,25). The van der Waals surface area contributed by atoms with Crippen LogP contribution in [0.25, 0.3) is 11.0 Å². The van der Waals surface area contributed by atoms with E-state index in [1.165, 1.54) is 11.1 Å². The van der Waals surface area contributed by atoms with E-state index in [0.29, 0.717) is 24.5 Å². The summed E-state index contributed by atoms with van der Waals surface area (Å²) in [6.07, 6.45) is -1.47. The first-order valence-electron chi connectivity index (χ1n) is 9.03. The minimum Gasteiger partial charge on any atom is -0.366 e. The van der Waals surface area contributed by atoms with Crippen molar-refractivity contribution in [3.63, 3.8) is 0 Å². The van der Waals surface area contributed by atoms with Crippen LogP contribution in [-0.4, -0.2) is 40.2 Å². The number of benzene rings is 2. The average Bonchev–Trinajstić information content (AvgIpc) is 3.23. The SMILES string of the molecule is Cc1ccc(CN2CC(F)C(OCc3nc4ccc(C#N)cc4[nH]3)C2)cc1. The Labute approximate surface area is 157 Å². The van der Waals surface area contributed by atoms with E-state index in [1.807, 2.05) is 0 Å². The third kappa shape index (κ3) is 4.00. The zero-order valence-corrected chi connectivity index (χ0v) is 15.2. The molecule has 0 radical (unpaired) electrons. The quantitative estimate of drug-likeness (QED) is 0.753. The van der Waals surface area contributed by atoms with Gasteiger partial charge in [0, 0.05) is 19.6 Å². The third-order valence-corrected chi connectivity index (χ3v) is 4.90. The molecule has 4 rings (SSSR count). The number of aromatic amines is 1. The molecule has 2 heterocycles. The molecular formula is C21H21FN4O. The van der Waals surface area contributed by atoms with Crippen molar-refractivity contribution in [1.82, 2.24) is 14.9 Å². The number of nitrogens with one attached hydrogen (secondary N) is 1. The number of likely N-dealkylation sites (tertiary alicyclic amines) is 1. The topological polar surface area (TPSA) is 64.9 Å². The molecule has 2 unspecified atom stereocenters. The number of aromatic nitrogens is 2. The second-order valence-corrected chi connectivity index (χ2v) is 7.07. The number of aryl methyl sites for hydroxylation is 1. The summed E-state index contributed by atoms with van der Waals surface area (Å²) in [6.45, 7) is 3.94. The number of fused-ring (bicyclic) bond motifs is 1. The van der Waals surface area contributed by atoms with Crippen molar-refractivity contribution in [2.75, 3.05) is 13.1 Å². The molecule has 3 aromatic rings. The lowest BCUT2D eigenvalue weighted by molar-refractivity contribution is 0.00864. The molecule has 1 aliphatic rings. The molecule has 27 heavy (non-hydrogen) atoms. The summed E-state index contributed by atoms with van der Waals surface area (Å²) in [5, 5.41) is 8.97. The van der Waals surface area contributed by atoms with Crippen LogP contribution in [0.4, 0.5) is 4.39 Å². The number of alkyl halides is 1. The lowest BCUT2D eigenvalue weighted by atomic mass is 10.1. The molecule has 0 bridgehead atoms. The summed E-state index contributed by atoms with van der Waals surface area (Å²) in [6, 6.07) is 15.7. The van der Waals surface area contributed by atoms with Crippen LogP contribution in [0.5, 0.6) is 0 Å². The maximum absolute atomic E-state index is 14.4. The minimum atomic E-state index is -1.01. The lowest BCUT2D eigenvalue weighted by Gasteiger charge is -2.15. The van der Waals surface area contributed by atoms with Crippen LogP contribution in [0.3, 0.4) is 0 Å². The molecule has 0 saturated carbocycles. The van der Waals surface area contributed by atoms with Gasteiger partial charge in [-0.05, 0) is 30.7 Å². The molecule has 1 aliphatic heterocycles. The number of ether oxygens (including phenoxy) is 1. The summed E-state index contributed by atoms with van der Waals surface area (Å²) in [5.74, 6) is 0.643. The Balaban J connectivity index is 1.35. The van der Waals surface area contributed by atoms with E-state index in [4.69, 9.17) is 10.00 Å². The fraction of sp³-hybridized carbons (Fsp3) is 0.333. The minimum absolute atomic E-state index is 0.222. The van der Waals surface area contributed by atoms with Crippen LogP contribution in [0, 0.1) is 18.3 Å². The van der Waals surface area contributed by atoms with Gasteiger partial charge >= 0.3 is 0 Å². The molecule has 1 N–H and O–H groups in total. The van der Waals surface area contributed by atoms with E-state index < -0.39 is 12.3 Å².